The van der Waals surface area contributed by atoms with Crippen LogP contribution in [0.3, 0.4) is 0 Å². The molecule has 96 valence electrons. The Labute approximate surface area is 112 Å². The normalized spacial score (nSPS) is 10.1. The Morgan fingerprint density at radius 1 is 1.05 bits per heavy atom. The van der Waals surface area contributed by atoms with E-state index in [1.807, 2.05) is 45.9 Å². The number of benzene rings is 1. The van der Waals surface area contributed by atoms with Gasteiger partial charge in [-0.3, -0.25) is 0 Å². The van der Waals surface area contributed by atoms with Gasteiger partial charge in [-0.15, -0.1) is 5.10 Å². The van der Waals surface area contributed by atoms with Crippen molar-refractivity contribution in [2.45, 2.75) is 27.7 Å². The molecule has 0 N–H and O–H groups in total. The minimum atomic E-state index is 0.258. The van der Waals surface area contributed by atoms with Gasteiger partial charge in [-0.1, -0.05) is 6.07 Å². The van der Waals surface area contributed by atoms with Gasteiger partial charge in [0.15, 0.2) is 0 Å². The summed E-state index contributed by atoms with van der Waals surface area (Å²) in [6.07, 6.45) is 0. The van der Waals surface area contributed by atoms with E-state index >= 15 is 0 Å². The average Bonchev–Trinajstić information content (AvgIpc) is 2.39. The molecule has 0 aliphatic heterocycles. The molecule has 0 bridgehead atoms. The van der Waals surface area contributed by atoms with Gasteiger partial charge >= 0.3 is 0 Å². The Kier molecular flexibility index (Phi) is 3.48. The minimum absolute atomic E-state index is 0.258. The van der Waals surface area contributed by atoms with Crippen molar-refractivity contribution in [3.63, 3.8) is 0 Å². The summed E-state index contributed by atoms with van der Waals surface area (Å²) in [6, 6.07) is 7.89. The van der Waals surface area contributed by atoms with Gasteiger partial charge in [0, 0.05) is 0 Å². The maximum Gasteiger partial charge on any atom is 0.257 e. The van der Waals surface area contributed by atoms with Gasteiger partial charge in [0.2, 0.25) is 0 Å². The van der Waals surface area contributed by atoms with Crippen LogP contribution < -0.4 is 4.74 Å². The van der Waals surface area contributed by atoms with Gasteiger partial charge in [-0.2, -0.15) is 10.4 Å². The van der Waals surface area contributed by atoms with Gasteiger partial charge < -0.3 is 4.74 Å². The van der Waals surface area contributed by atoms with Crippen LogP contribution in [0, 0.1) is 39.0 Å². The second-order valence-corrected chi connectivity index (χ2v) is 4.55. The number of hydrogen-bond acceptors (Lipinski definition) is 4. The third-order valence-electron chi connectivity index (χ3n) is 3.23. The van der Waals surface area contributed by atoms with Gasteiger partial charge in [-0.25, -0.2) is 0 Å². The average molecular weight is 253 g/mol. The molecule has 1 aromatic heterocycles. The predicted octanol–water partition coefficient (Wildman–Crippen LogP) is 3.37. The molecule has 0 saturated carbocycles. The summed E-state index contributed by atoms with van der Waals surface area (Å²) < 4.78 is 5.68. The standard InChI is InChI=1S/C15H15N3O/c1-9-5-6-13(7-10(9)2)19-15-14(8-16)11(3)12(4)17-18-15/h5-7H,1-4H3. The monoisotopic (exact) mass is 253 g/mol. The summed E-state index contributed by atoms with van der Waals surface area (Å²) in [7, 11) is 0. The highest BCUT2D eigenvalue weighted by atomic mass is 16.5. The third-order valence-corrected chi connectivity index (χ3v) is 3.23. The van der Waals surface area contributed by atoms with Crippen molar-refractivity contribution >= 4 is 0 Å². The highest BCUT2D eigenvalue weighted by Gasteiger charge is 2.13. The van der Waals surface area contributed by atoms with Crippen LogP contribution in [0.15, 0.2) is 18.2 Å². The van der Waals surface area contributed by atoms with Crippen LogP contribution in [-0.2, 0) is 0 Å². The maximum atomic E-state index is 9.20. The maximum absolute atomic E-state index is 9.20. The van der Waals surface area contributed by atoms with E-state index in [4.69, 9.17) is 4.74 Å². The van der Waals surface area contributed by atoms with Crippen LogP contribution in [0.25, 0.3) is 0 Å². The van der Waals surface area contributed by atoms with E-state index in [1.165, 1.54) is 5.56 Å². The second-order valence-electron chi connectivity index (χ2n) is 4.55. The lowest BCUT2D eigenvalue weighted by molar-refractivity contribution is 0.451. The van der Waals surface area contributed by atoms with Gasteiger partial charge in [0.05, 0.1) is 5.69 Å². The van der Waals surface area contributed by atoms with Gasteiger partial charge in [0.1, 0.15) is 17.4 Å². The number of rotatable bonds is 2. The zero-order valence-electron chi connectivity index (χ0n) is 11.5. The van der Waals surface area contributed by atoms with E-state index < -0.39 is 0 Å². The Hall–Kier alpha value is -2.41. The molecule has 19 heavy (non-hydrogen) atoms. The molecule has 0 saturated heterocycles. The summed E-state index contributed by atoms with van der Waals surface area (Å²) in [4.78, 5) is 0. The number of aromatic nitrogens is 2. The molecule has 1 aromatic carbocycles. The Balaban J connectivity index is 2.41. The number of hydrogen-bond donors (Lipinski definition) is 0. The third kappa shape index (κ3) is 2.55. The van der Waals surface area contributed by atoms with Crippen LogP contribution in [0.4, 0.5) is 0 Å². The molecule has 4 nitrogen and oxygen atoms in total. The van der Waals surface area contributed by atoms with E-state index in [2.05, 4.69) is 16.3 Å². The molecule has 0 atom stereocenters. The molecule has 1 heterocycles. The summed E-state index contributed by atoms with van der Waals surface area (Å²) in [5.41, 5.74) is 4.30. The first-order chi connectivity index (χ1) is 9.02. The Bertz CT molecular complexity index is 672. The molecule has 0 amide bonds. The molecule has 0 spiro atoms. The van der Waals surface area contributed by atoms with Crippen molar-refractivity contribution < 1.29 is 4.74 Å². The topological polar surface area (TPSA) is 58.8 Å². The number of ether oxygens (including phenoxy) is 1. The van der Waals surface area contributed by atoms with E-state index in [0.29, 0.717) is 11.3 Å². The largest absolute Gasteiger partial charge is 0.437 e. The van der Waals surface area contributed by atoms with Crippen molar-refractivity contribution in [3.05, 3.63) is 46.1 Å². The van der Waals surface area contributed by atoms with Gasteiger partial charge in [0.25, 0.3) is 5.88 Å². The smallest absolute Gasteiger partial charge is 0.257 e. The molecule has 0 aliphatic rings. The SMILES string of the molecule is Cc1ccc(Oc2nnc(C)c(C)c2C#N)cc1C. The van der Waals surface area contributed by atoms with E-state index in [0.717, 1.165) is 16.8 Å². The first-order valence-corrected chi connectivity index (χ1v) is 6.02. The molecule has 0 fully saturated rings. The van der Waals surface area contributed by atoms with Crippen LogP contribution in [0.1, 0.15) is 27.9 Å². The van der Waals surface area contributed by atoms with Gasteiger partial charge in [-0.05, 0) is 56.5 Å². The first kappa shape index (κ1) is 13.0. The zero-order valence-corrected chi connectivity index (χ0v) is 11.5. The lowest BCUT2D eigenvalue weighted by Crippen LogP contribution is -2.00. The lowest BCUT2D eigenvalue weighted by Gasteiger charge is -2.09. The predicted molar refractivity (Wildman–Crippen MR) is 72.2 cm³/mol. The molecular formula is C15H15N3O. The number of nitriles is 1. The molecule has 2 rings (SSSR count). The summed E-state index contributed by atoms with van der Waals surface area (Å²) >= 11 is 0. The van der Waals surface area contributed by atoms with Crippen LogP contribution in [0.5, 0.6) is 11.6 Å². The number of nitrogens with zero attached hydrogens (tertiary/aromatic N) is 3. The summed E-state index contributed by atoms with van der Waals surface area (Å²) in [5.74, 6) is 0.922. The van der Waals surface area contributed by atoms with E-state index in [1.54, 1.807) is 0 Å². The summed E-state index contributed by atoms with van der Waals surface area (Å²) in [6.45, 7) is 7.72. The van der Waals surface area contributed by atoms with Crippen LogP contribution in [-0.4, -0.2) is 10.2 Å². The van der Waals surface area contributed by atoms with E-state index in [9.17, 15) is 5.26 Å². The van der Waals surface area contributed by atoms with Crippen molar-refractivity contribution in [2.75, 3.05) is 0 Å². The van der Waals surface area contributed by atoms with Crippen molar-refractivity contribution in [2.24, 2.45) is 0 Å². The Morgan fingerprint density at radius 2 is 1.79 bits per heavy atom. The molecule has 4 heteroatoms. The fourth-order valence-corrected chi connectivity index (χ4v) is 1.68. The zero-order chi connectivity index (χ0) is 14.0. The molecule has 0 radical (unpaired) electrons. The highest BCUT2D eigenvalue weighted by molar-refractivity contribution is 5.47. The van der Waals surface area contributed by atoms with E-state index in [-0.39, 0.29) is 5.88 Å². The summed E-state index contributed by atoms with van der Waals surface area (Å²) in [5, 5.41) is 17.2. The first-order valence-electron chi connectivity index (χ1n) is 6.02. The highest BCUT2D eigenvalue weighted by Crippen LogP contribution is 2.26. The molecule has 2 aromatic rings. The minimum Gasteiger partial charge on any atom is -0.437 e. The molecular weight excluding hydrogens is 238 g/mol. The Morgan fingerprint density at radius 3 is 2.42 bits per heavy atom. The van der Waals surface area contributed by atoms with Crippen LogP contribution >= 0.6 is 0 Å². The van der Waals surface area contributed by atoms with Crippen molar-refractivity contribution in [1.29, 1.82) is 5.26 Å². The van der Waals surface area contributed by atoms with Crippen LogP contribution in [0.2, 0.25) is 0 Å². The quantitative estimate of drug-likeness (QED) is 0.823. The number of aryl methyl sites for hydroxylation is 3. The fourth-order valence-electron chi connectivity index (χ4n) is 1.68. The molecule has 0 aliphatic carbocycles. The lowest BCUT2D eigenvalue weighted by atomic mass is 10.1. The van der Waals surface area contributed by atoms with Crippen molar-refractivity contribution in [3.8, 4) is 17.7 Å². The molecule has 0 unspecified atom stereocenters. The fraction of sp³-hybridized carbons (Fsp3) is 0.267. The second kappa shape index (κ2) is 5.07. The van der Waals surface area contributed by atoms with Crippen molar-refractivity contribution in [1.82, 2.24) is 10.2 Å².